The molecule has 5 heteroatoms. The van der Waals surface area contributed by atoms with Crippen LogP contribution < -0.4 is 9.64 Å². The molecule has 1 heterocycles. The van der Waals surface area contributed by atoms with Crippen molar-refractivity contribution in [1.29, 1.82) is 0 Å². The zero-order valence-corrected chi connectivity index (χ0v) is 18.7. The highest BCUT2D eigenvalue weighted by atomic mass is 16.5. The first-order chi connectivity index (χ1) is 15.1. The molecule has 2 aromatic carbocycles. The highest BCUT2D eigenvalue weighted by Crippen LogP contribution is 2.50. The summed E-state index contributed by atoms with van der Waals surface area (Å²) >= 11 is 0. The molecule has 0 aromatic heterocycles. The van der Waals surface area contributed by atoms with Gasteiger partial charge in [-0.1, -0.05) is 62.2 Å². The summed E-state index contributed by atoms with van der Waals surface area (Å²) in [5.74, 6) is 0.232. The van der Waals surface area contributed by atoms with Crippen molar-refractivity contribution in [3.63, 3.8) is 0 Å². The number of anilines is 1. The topological polar surface area (TPSA) is 53.0 Å². The van der Waals surface area contributed by atoms with Crippen LogP contribution in [0.2, 0.25) is 0 Å². The van der Waals surface area contributed by atoms with Gasteiger partial charge >= 0.3 is 5.97 Å². The molecule has 2 aromatic rings. The first-order valence-electron chi connectivity index (χ1n) is 11.5. The molecule has 31 heavy (non-hydrogen) atoms. The number of aliphatic carboxylic acids is 1. The Bertz CT molecular complexity index is 879. The number of carboxylic acids is 1. The van der Waals surface area contributed by atoms with Crippen LogP contribution in [0.5, 0.6) is 5.75 Å². The molecule has 1 aliphatic heterocycles. The van der Waals surface area contributed by atoms with Crippen LogP contribution in [-0.2, 0) is 4.79 Å². The predicted molar refractivity (Wildman–Crippen MR) is 124 cm³/mol. The summed E-state index contributed by atoms with van der Waals surface area (Å²) in [5.41, 5.74) is 1.51. The number of carbonyl (C=O) groups is 1. The number of piperazine rings is 1. The third-order valence-corrected chi connectivity index (χ3v) is 7.56. The van der Waals surface area contributed by atoms with E-state index in [0.29, 0.717) is 0 Å². The van der Waals surface area contributed by atoms with E-state index in [2.05, 4.69) is 34.9 Å². The van der Waals surface area contributed by atoms with Crippen LogP contribution in [-0.4, -0.2) is 55.3 Å². The summed E-state index contributed by atoms with van der Waals surface area (Å²) in [4.78, 5) is 17.7. The van der Waals surface area contributed by atoms with Gasteiger partial charge in [0, 0.05) is 32.2 Å². The van der Waals surface area contributed by atoms with Crippen molar-refractivity contribution in [3.8, 4) is 5.75 Å². The summed E-state index contributed by atoms with van der Waals surface area (Å²) < 4.78 is 5.55. The van der Waals surface area contributed by atoms with Gasteiger partial charge in [-0.2, -0.15) is 0 Å². The first kappa shape index (κ1) is 21.7. The van der Waals surface area contributed by atoms with Gasteiger partial charge in [0.05, 0.1) is 18.2 Å². The lowest BCUT2D eigenvalue weighted by atomic mass is 9.61. The summed E-state index contributed by atoms with van der Waals surface area (Å²) in [6, 6.07) is 18.4. The SMILES string of the molecule is COc1ccccc1N1CCN(C2CCCCC2(C(=O)O)C(C)c2ccccc2)CC1. The molecule has 1 N–H and O–H groups in total. The van der Waals surface area contributed by atoms with Crippen LogP contribution >= 0.6 is 0 Å². The summed E-state index contributed by atoms with van der Waals surface area (Å²) in [6.45, 7) is 5.63. The van der Waals surface area contributed by atoms with Crippen LogP contribution in [0.3, 0.4) is 0 Å². The van der Waals surface area contributed by atoms with Crippen molar-refractivity contribution < 1.29 is 14.6 Å². The van der Waals surface area contributed by atoms with Crippen LogP contribution in [0.25, 0.3) is 0 Å². The number of nitrogens with zero attached hydrogens (tertiary/aromatic N) is 2. The molecule has 0 amide bonds. The van der Waals surface area contributed by atoms with Gasteiger partial charge in [0.1, 0.15) is 5.75 Å². The number of rotatable bonds is 6. The number of para-hydroxylation sites is 2. The minimum atomic E-state index is -0.744. The fraction of sp³-hybridized carbons (Fsp3) is 0.500. The molecule has 0 bridgehead atoms. The predicted octanol–water partition coefficient (Wildman–Crippen LogP) is 4.63. The number of hydrogen-bond acceptors (Lipinski definition) is 4. The van der Waals surface area contributed by atoms with E-state index in [0.717, 1.165) is 68.9 Å². The van der Waals surface area contributed by atoms with Crippen molar-refractivity contribution in [2.45, 2.75) is 44.6 Å². The van der Waals surface area contributed by atoms with Gasteiger partial charge in [-0.3, -0.25) is 9.69 Å². The van der Waals surface area contributed by atoms with Gasteiger partial charge in [0.15, 0.2) is 0 Å². The molecule has 0 spiro atoms. The molecule has 0 radical (unpaired) electrons. The standard InChI is InChI=1S/C26H34N2O3/c1-20(21-10-4-3-5-11-21)26(25(29)30)15-9-8-14-24(26)28-18-16-27(17-19-28)22-12-6-7-13-23(22)31-2/h3-7,10-13,20,24H,8-9,14-19H2,1-2H3,(H,29,30). The minimum absolute atomic E-state index is 0.0243. The van der Waals surface area contributed by atoms with Gasteiger partial charge in [-0.05, 0) is 36.5 Å². The Morgan fingerprint density at radius 1 is 1.03 bits per heavy atom. The maximum absolute atomic E-state index is 12.9. The third-order valence-electron chi connectivity index (χ3n) is 7.56. The van der Waals surface area contributed by atoms with Crippen LogP contribution in [0.15, 0.2) is 54.6 Å². The zero-order chi connectivity index (χ0) is 21.8. The van der Waals surface area contributed by atoms with Crippen molar-refractivity contribution in [2.24, 2.45) is 5.41 Å². The second-order valence-electron chi connectivity index (χ2n) is 8.93. The number of benzene rings is 2. The molecule has 166 valence electrons. The zero-order valence-electron chi connectivity index (χ0n) is 18.7. The van der Waals surface area contributed by atoms with E-state index < -0.39 is 11.4 Å². The summed E-state index contributed by atoms with van der Waals surface area (Å²) in [6.07, 6.45) is 3.79. The minimum Gasteiger partial charge on any atom is -0.495 e. The van der Waals surface area contributed by atoms with Gasteiger partial charge in [-0.25, -0.2) is 0 Å². The summed E-state index contributed by atoms with van der Waals surface area (Å²) in [7, 11) is 1.71. The van der Waals surface area contributed by atoms with Gasteiger partial charge in [0.2, 0.25) is 0 Å². The van der Waals surface area contributed by atoms with Crippen LogP contribution in [0, 0.1) is 5.41 Å². The fourth-order valence-electron chi connectivity index (χ4n) is 5.83. The normalized spacial score (nSPS) is 25.7. The molecular weight excluding hydrogens is 388 g/mol. The molecule has 1 saturated heterocycles. The maximum Gasteiger partial charge on any atom is 0.311 e. The lowest BCUT2D eigenvalue weighted by molar-refractivity contribution is -0.159. The van der Waals surface area contributed by atoms with E-state index in [1.807, 2.05) is 36.4 Å². The third kappa shape index (κ3) is 4.03. The van der Waals surface area contributed by atoms with E-state index in [1.165, 1.54) is 0 Å². The second kappa shape index (κ2) is 9.31. The quantitative estimate of drug-likeness (QED) is 0.735. The van der Waals surface area contributed by atoms with Crippen molar-refractivity contribution >= 4 is 11.7 Å². The molecule has 5 nitrogen and oxygen atoms in total. The van der Waals surface area contributed by atoms with E-state index in [-0.39, 0.29) is 12.0 Å². The van der Waals surface area contributed by atoms with E-state index >= 15 is 0 Å². The Labute approximate surface area is 185 Å². The lowest BCUT2D eigenvalue weighted by Crippen LogP contribution is -2.60. The van der Waals surface area contributed by atoms with E-state index in [4.69, 9.17) is 4.74 Å². The molecule has 2 aliphatic rings. The Morgan fingerprint density at radius 3 is 2.39 bits per heavy atom. The summed E-state index contributed by atoms with van der Waals surface area (Å²) in [5, 5.41) is 10.6. The average Bonchev–Trinajstić information content (AvgIpc) is 2.84. The van der Waals surface area contributed by atoms with Crippen LogP contribution in [0.1, 0.15) is 44.1 Å². The molecule has 3 unspecified atom stereocenters. The molecule has 1 aliphatic carbocycles. The van der Waals surface area contributed by atoms with Crippen molar-refractivity contribution in [3.05, 3.63) is 60.2 Å². The average molecular weight is 423 g/mol. The molecule has 1 saturated carbocycles. The van der Waals surface area contributed by atoms with Gasteiger partial charge in [0.25, 0.3) is 0 Å². The van der Waals surface area contributed by atoms with E-state index in [9.17, 15) is 9.90 Å². The van der Waals surface area contributed by atoms with Gasteiger partial charge in [-0.15, -0.1) is 0 Å². The van der Waals surface area contributed by atoms with Crippen LogP contribution in [0.4, 0.5) is 5.69 Å². The first-order valence-corrected chi connectivity index (χ1v) is 11.5. The highest BCUT2D eigenvalue weighted by Gasteiger charge is 2.53. The Morgan fingerprint density at radius 2 is 1.71 bits per heavy atom. The number of hydrogen-bond donors (Lipinski definition) is 1. The maximum atomic E-state index is 12.9. The largest absolute Gasteiger partial charge is 0.495 e. The van der Waals surface area contributed by atoms with Gasteiger partial charge < -0.3 is 14.7 Å². The number of carboxylic acid groups (broad SMARTS) is 1. The molecule has 3 atom stereocenters. The molecule has 2 fully saturated rings. The number of ether oxygens (including phenoxy) is 1. The van der Waals surface area contributed by atoms with Crippen molar-refractivity contribution in [1.82, 2.24) is 4.90 Å². The Balaban J connectivity index is 1.57. The Kier molecular flexibility index (Phi) is 6.51. The van der Waals surface area contributed by atoms with E-state index in [1.54, 1.807) is 7.11 Å². The smallest absolute Gasteiger partial charge is 0.311 e. The monoisotopic (exact) mass is 422 g/mol. The second-order valence-corrected chi connectivity index (χ2v) is 8.93. The fourth-order valence-corrected chi connectivity index (χ4v) is 5.83. The number of methoxy groups -OCH3 is 1. The molecular formula is C26H34N2O3. The lowest BCUT2D eigenvalue weighted by Gasteiger charge is -2.51. The highest BCUT2D eigenvalue weighted by molar-refractivity contribution is 5.77. The Hall–Kier alpha value is -2.53. The van der Waals surface area contributed by atoms with Crippen molar-refractivity contribution in [2.75, 3.05) is 38.2 Å². The molecule has 4 rings (SSSR count).